The lowest BCUT2D eigenvalue weighted by atomic mass is 10.1. The van der Waals surface area contributed by atoms with E-state index >= 15 is 0 Å². The Morgan fingerprint density at radius 3 is 2.57 bits per heavy atom. The van der Waals surface area contributed by atoms with Crippen molar-refractivity contribution in [3.05, 3.63) is 78.4 Å². The summed E-state index contributed by atoms with van der Waals surface area (Å²) in [4.78, 5) is 15.1. The first kappa shape index (κ1) is 23.0. The molecule has 1 fully saturated rings. The molecule has 0 spiro atoms. The molecule has 1 unspecified atom stereocenters. The lowest BCUT2D eigenvalue weighted by molar-refractivity contribution is 0.0948. The highest BCUT2D eigenvalue weighted by molar-refractivity contribution is 7.92. The fourth-order valence-electron chi connectivity index (χ4n) is 4.34. The van der Waals surface area contributed by atoms with Crippen LogP contribution in [0, 0.1) is 5.92 Å². The van der Waals surface area contributed by atoms with E-state index in [9.17, 15) is 13.2 Å². The number of benzene rings is 3. The Morgan fingerprint density at radius 1 is 0.943 bits per heavy atom. The van der Waals surface area contributed by atoms with Crippen LogP contribution < -0.4 is 24.4 Å². The second-order valence-electron chi connectivity index (χ2n) is 8.64. The summed E-state index contributed by atoms with van der Waals surface area (Å²) in [6.07, 6.45) is 1.00. The summed E-state index contributed by atoms with van der Waals surface area (Å²) >= 11 is 0. The third-order valence-electron chi connectivity index (χ3n) is 6.16. The van der Waals surface area contributed by atoms with E-state index in [-0.39, 0.29) is 10.8 Å². The first-order valence-electron chi connectivity index (χ1n) is 11.6. The predicted octanol–water partition coefficient (Wildman–Crippen LogP) is 3.51. The largest absolute Gasteiger partial charge is 0.486 e. The monoisotopic (exact) mass is 493 g/mol. The number of carbonyl (C=O) groups is 1. The maximum atomic E-state index is 12.9. The van der Waals surface area contributed by atoms with Crippen molar-refractivity contribution in [1.29, 1.82) is 0 Å². The highest BCUT2D eigenvalue weighted by Crippen LogP contribution is 2.32. The van der Waals surface area contributed by atoms with Gasteiger partial charge in [-0.15, -0.1) is 0 Å². The molecule has 0 aromatic heterocycles. The second kappa shape index (κ2) is 9.87. The van der Waals surface area contributed by atoms with Gasteiger partial charge in [0, 0.05) is 42.6 Å². The van der Waals surface area contributed by atoms with Crippen LogP contribution in [0.2, 0.25) is 0 Å². The van der Waals surface area contributed by atoms with Gasteiger partial charge in [-0.2, -0.15) is 0 Å². The molecule has 0 bridgehead atoms. The van der Waals surface area contributed by atoms with Crippen LogP contribution in [0.5, 0.6) is 11.5 Å². The summed E-state index contributed by atoms with van der Waals surface area (Å²) in [6, 6.07) is 21.2. The molecule has 2 heterocycles. The number of para-hydroxylation sites is 1. The van der Waals surface area contributed by atoms with E-state index in [1.54, 1.807) is 24.3 Å². The van der Waals surface area contributed by atoms with Crippen LogP contribution in [0.25, 0.3) is 0 Å². The minimum Gasteiger partial charge on any atom is -0.486 e. The topological polar surface area (TPSA) is 97.0 Å². The molecule has 9 heteroatoms. The Hall–Kier alpha value is -3.72. The number of amides is 1. The Labute approximate surface area is 204 Å². The van der Waals surface area contributed by atoms with E-state index in [0.717, 1.165) is 19.5 Å². The molecule has 0 saturated carbocycles. The van der Waals surface area contributed by atoms with Gasteiger partial charge in [0.05, 0.1) is 4.90 Å². The molecule has 1 saturated heterocycles. The van der Waals surface area contributed by atoms with Gasteiger partial charge in [-0.3, -0.25) is 9.52 Å². The second-order valence-corrected chi connectivity index (χ2v) is 10.3. The van der Waals surface area contributed by atoms with Gasteiger partial charge in [0.15, 0.2) is 11.5 Å². The van der Waals surface area contributed by atoms with Gasteiger partial charge in [0.2, 0.25) is 0 Å². The molecule has 1 amide bonds. The van der Waals surface area contributed by atoms with Crippen molar-refractivity contribution >= 4 is 27.3 Å². The Morgan fingerprint density at radius 2 is 1.74 bits per heavy atom. The molecule has 2 aliphatic heterocycles. The summed E-state index contributed by atoms with van der Waals surface area (Å²) in [5.74, 6) is 1.03. The van der Waals surface area contributed by atoms with Crippen LogP contribution in [-0.4, -0.2) is 47.2 Å². The van der Waals surface area contributed by atoms with Gasteiger partial charge < -0.3 is 19.7 Å². The van der Waals surface area contributed by atoms with Crippen molar-refractivity contribution in [2.24, 2.45) is 5.92 Å². The van der Waals surface area contributed by atoms with E-state index in [1.807, 2.05) is 18.2 Å². The van der Waals surface area contributed by atoms with Crippen molar-refractivity contribution in [2.75, 3.05) is 42.5 Å². The maximum absolute atomic E-state index is 12.9. The molecular weight excluding hydrogens is 466 g/mol. The molecular formula is C26H27N3O5S. The van der Waals surface area contributed by atoms with Crippen molar-refractivity contribution in [3.63, 3.8) is 0 Å². The lowest BCUT2D eigenvalue weighted by Crippen LogP contribution is -2.31. The van der Waals surface area contributed by atoms with E-state index < -0.39 is 10.0 Å². The van der Waals surface area contributed by atoms with Crippen molar-refractivity contribution in [2.45, 2.75) is 11.3 Å². The predicted molar refractivity (Wildman–Crippen MR) is 134 cm³/mol. The summed E-state index contributed by atoms with van der Waals surface area (Å²) in [5, 5.41) is 3.00. The summed E-state index contributed by atoms with van der Waals surface area (Å²) in [5.41, 5.74) is 1.90. The summed E-state index contributed by atoms with van der Waals surface area (Å²) in [7, 11) is -3.87. The maximum Gasteiger partial charge on any atom is 0.262 e. The van der Waals surface area contributed by atoms with Gasteiger partial charge >= 0.3 is 0 Å². The third-order valence-corrected chi connectivity index (χ3v) is 7.54. The van der Waals surface area contributed by atoms with Crippen molar-refractivity contribution in [3.8, 4) is 11.5 Å². The van der Waals surface area contributed by atoms with Crippen molar-refractivity contribution < 1.29 is 22.7 Å². The minimum absolute atomic E-state index is 0.0563. The highest BCUT2D eigenvalue weighted by Gasteiger charge is 2.24. The Kier molecular flexibility index (Phi) is 6.50. The zero-order valence-corrected chi connectivity index (χ0v) is 20.0. The van der Waals surface area contributed by atoms with Crippen LogP contribution in [0.3, 0.4) is 0 Å². The number of hydrogen-bond donors (Lipinski definition) is 2. The quantitative estimate of drug-likeness (QED) is 0.523. The van der Waals surface area contributed by atoms with Crippen LogP contribution in [-0.2, 0) is 10.0 Å². The normalized spacial score (nSPS) is 17.1. The number of carbonyl (C=O) groups excluding carboxylic acids is 1. The first-order chi connectivity index (χ1) is 17.0. The van der Waals surface area contributed by atoms with Crippen LogP contribution in [0.1, 0.15) is 16.8 Å². The molecule has 2 aliphatic rings. The number of anilines is 2. The number of nitrogens with zero attached hydrogens (tertiary/aromatic N) is 1. The summed E-state index contributed by atoms with van der Waals surface area (Å²) in [6.45, 7) is 3.21. The zero-order valence-electron chi connectivity index (χ0n) is 19.1. The van der Waals surface area contributed by atoms with Gasteiger partial charge in [0.1, 0.15) is 13.2 Å². The standard InChI is InChI=1S/C26H27N3O5S/c30-26(27-17-19-11-12-29(18-19)22-7-2-1-3-8-22)20-5-4-6-21(15-20)28-35(31,32)23-9-10-24-25(16-23)34-14-13-33-24/h1-10,15-16,19,28H,11-14,17-18H2,(H,27,30). The van der Waals surface area contributed by atoms with Gasteiger partial charge in [-0.05, 0) is 54.8 Å². The Balaban J connectivity index is 1.20. The average Bonchev–Trinajstić information content (AvgIpc) is 3.36. The summed E-state index contributed by atoms with van der Waals surface area (Å²) < 4.78 is 39.3. The van der Waals surface area contributed by atoms with Gasteiger partial charge in [-0.1, -0.05) is 24.3 Å². The fraction of sp³-hybridized carbons (Fsp3) is 0.269. The number of sulfonamides is 1. The number of hydrogen-bond acceptors (Lipinski definition) is 6. The number of nitrogens with one attached hydrogen (secondary N) is 2. The molecule has 3 aromatic rings. The highest BCUT2D eigenvalue weighted by atomic mass is 32.2. The van der Waals surface area contributed by atoms with E-state index in [0.29, 0.717) is 48.4 Å². The molecule has 3 aromatic carbocycles. The SMILES string of the molecule is O=C(NCC1CCN(c2ccccc2)C1)c1cccc(NS(=O)(=O)c2ccc3c(c2)OCCO3)c1. The number of ether oxygens (including phenoxy) is 2. The van der Waals surface area contributed by atoms with Gasteiger partial charge in [0.25, 0.3) is 15.9 Å². The molecule has 0 radical (unpaired) electrons. The Bertz CT molecular complexity index is 1310. The fourth-order valence-corrected chi connectivity index (χ4v) is 5.41. The van der Waals surface area contributed by atoms with Crippen LogP contribution in [0.4, 0.5) is 11.4 Å². The van der Waals surface area contributed by atoms with Crippen LogP contribution >= 0.6 is 0 Å². The zero-order chi connectivity index (χ0) is 24.3. The van der Waals surface area contributed by atoms with E-state index in [1.165, 1.54) is 23.9 Å². The number of fused-ring (bicyclic) bond motifs is 1. The molecule has 35 heavy (non-hydrogen) atoms. The van der Waals surface area contributed by atoms with Crippen LogP contribution in [0.15, 0.2) is 77.7 Å². The van der Waals surface area contributed by atoms with E-state index in [2.05, 4.69) is 27.1 Å². The molecule has 2 N–H and O–H groups in total. The molecule has 1 atom stereocenters. The molecule has 182 valence electrons. The van der Waals surface area contributed by atoms with E-state index in [4.69, 9.17) is 9.47 Å². The number of rotatable bonds is 7. The first-order valence-corrected chi connectivity index (χ1v) is 13.1. The molecule has 8 nitrogen and oxygen atoms in total. The smallest absolute Gasteiger partial charge is 0.262 e. The molecule has 0 aliphatic carbocycles. The minimum atomic E-state index is -3.87. The van der Waals surface area contributed by atoms with Gasteiger partial charge in [-0.25, -0.2) is 8.42 Å². The average molecular weight is 494 g/mol. The molecule has 5 rings (SSSR count). The lowest BCUT2D eigenvalue weighted by Gasteiger charge is -2.19. The third kappa shape index (κ3) is 5.35. The van der Waals surface area contributed by atoms with Crippen molar-refractivity contribution in [1.82, 2.24) is 5.32 Å².